The monoisotopic (exact) mass is 343 g/mol. The summed E-state index contributed by atoms with van der Waals surface area (Å²) in [7, 11) is 1.45. The van der Waals surface area contributed by atoms with E-state index in [9.17, 15) is 19.1 Å². The number of aromatic nitrogens is 1. The Hall–Kier alpha value is -2.80. The van der Waals surface area contributed by atoms with Crippen molar-refractivity contribution in [3.8, 4) is 0 Å². The maximum absolute atomic E-state index is 13.4. The number of hydrogen-bond acceptors (Lipinski definition) is 4. The molecule has 1 unspecified atom stereocenters. The molecule has 1 heterocycles. The lowest BCUT2D eigenvalue weighted by Crippen LogP contribution is -2.27. The summed E-state index contributed by atoms with van der Waals surface area (Å²) < 4.78 is 13.4. The van der Waals surface area contributed by atoms with E-state index in [-0.39, 0.29) is 34.5 Å². The lowest BCUT2D eigenvalue weighted by molar-refractivity contribution is 0.0950. The smallest absolute Gasteiger partial charge is 0.269 e. The van der Waals surface area contributed by atoms with Gasteiger partial charge in [-0.05, 0) is 42.7 Å². The lowest BCUT2D eigenvalue weighted by atomic mass is 10.0. The fraction of sp³-hybridized carbons (Fsp3) is 0.278. The molecule has 1 aliphatic carbocycles. The van der Waals surface area contributed by atoms with Crippen LogP contribution in [0.4, 0.5) is 4.39 Å². The molecule has 1 fully saturated rings. The Balaban J connectivity index is 1.98. The van der Waals surface area contributed by atoms with E-state index in [0.29, 0.717) is 0 Å². The van der Waals surface area contributed by atoms with Crippen LogP contribution in [0.25, 0.3) is 0 Å². The topological polar surface area (TPSA) is 91.3 Å². The number of aliphatic hydroxyl groups is 1. The van der Waals surface area contributed by atoms with Gasteiger partial charge in [-0.1, -0.05) is 12.1 Å². The molecule has 130 valence electrons. The van der Waals surface area contributed by atoms with Crippen molar-refractivity contribution in [3.05, 3.63) is 64.7 Å². The van der Waals surface area contributed by atoms with Crippen molar-refractivity contribution in [2.45, 2.75) is 25.0 Å². The number of nitrogens with zero attached hydrogens (tertiary/aromatic N) is 1. The van der Waals surface area contributed by atoms with Crippen molar-refractivity contribution >= 4 is 11.8 Å². The highest BCUT2D eigenvalue weighted by molar-refractivity contribution is 5.98. The Morgan fingerprint density at radius 1 is 1.24 bits per heavy atom. The summed E-state index contributed by atoms with van der Waals surface area (Å²) in [5.74, 6) is -1.30. The van der Waals surface area contributed by atoms with Gasteiger partial charge in [0, 0.05) is 18.7 Å². The predicted octanol–water partition coefficient (Wildman–Crippen LogP) is 1.55. The lowest BCUT2D eigenvalue weighted by Gasteiger charge is -2.14. The first kappa shape index (κ1) is 17.0. The quantitative estimate of drug-likeness (QED) is 0.768. The number of carbonyl (C=O) groups excluding carboxylic acids is 2. The summed E-state index contributed by atoms with van der Waals surface area (Å²) >= 11 is 0. The van der Waals surface area contributed by atoms with Crippen molar-refractivity contribution in [2.24, 2.45) is 0 Å². The number of carbonyl (C=O) groups is 2. The van der Waals surface area contributed by atoms with Gasteiger partial charge in [0.1, 0.15) is 17.6 Å². The highest BCUT2D eigenvalue weighted by Gasteiger charge is 2.25. The van der Waals surface area contributed by atoms with Crippen LogP contribution in [0.15, 0.2) is 36.4 Å². The van der Waals surface area contributed by atoms with Crippen LogP contribution in [-0.4, -0.2) is 35.0 Å². The normalized spacial score (nSPS) is 14.7. The fourth-order valence-corrected chi connectivity index (χ4v) is 2.41. The molecule has 2 aromatic rings. The van der Waals surface area contributed by atoms with Gasteiger partial charge < -0.3 is 15.7 Å². The van der Waals surface area contributed by atoms with Gasteiger partial charge in [-0.3, -0.25) is 9.59 Å². The molecule has 0 saturated heterocycles. The van der Waals surface area contributed by atoms with E-state index in [0.717, 1.165) is 12.8 Å². The Labute approximate surface area is 144 Å². The molecule has 0 bridgehead atoms. The molecule has 3 rings (SSSR count). The van der Waals surface area contributed by atoms with E-state index in [1.807, 2.05) is 0 Å². The van der Waals surface area contributed by atoms with Crippen molar-refractivity contribution in [2.75, 3.05) is 7.05 Å². The summed E-state index contributed by atoms with van der Waals surface area (Å²) in [5, 5.41) is 15.8. The van der Waals surface area contributed by atoms with Crippen molar-refractivity contribution < 1.29 is 19.1 Å². The largest absolute Gasteiger partial charge is 0.382 e. The van der Waals surface area contributed by atoms with Gasteiger partial charge in [-0.2, -0.15) is 0 Å². The van der Waals surface area contributed by atoms with Crippen LogP contribution in [0.5, 0.6) is 0 Å². The molecule has 3 N–H and O–H groups in total. The van der Waals surface area contributed by atoms with Crippen LogP contribution in [0, 0.1) is 5.82 Å². The molecule has 0 spiro atoms. The zero-order chi connectivity index (χ0) is 18.0. The third-order valence-corrected chi connectivity index (χ3v) is 3.92. The minimum absolute atomic E-state index is 0.0106. The third kappa shape index (κ3) is 4.00. The molecule has 2 amide bonds. The number of aliphatic hydroxyl groups excluding tert-OH is 1. The number of amides is 2. The minimum atomic E-state index is -1.26. The van der Waals surface area contributed by atoms with Gasteiger partial charge in [0.05, 0.1) is 5.69 Å². The van der Waals surface area contributed by atoms with E-state index < -0.39 is 17.8 Å². The molecule has 1 aromatic carbocycles. The van der Waals surface area contributed by atoms with E-state index in [1.54, 1.807) is 6.07 Å². The zero-order valence-electron chi connectivity index (χ0n) is 13.6. The van der Waals surface area contributed by atoms with Crippen LogP contribution in [0.1, 0.15) is 51.0 Å². The first-order valence-corrected chi connectivity index (χ1v) is 7.96. The number of pyridine rings is 1. The van der Waals surface area contributed by atoms with Crippen molar-refractivity contribution in [1.29, 1.82) is 0 Å². The Morgan fingerprint density at radius 3 is 2.64 bits per heavy atom. The van der Waals surface area contributed by atoms with Crippen molar-refractivity contribution in [3.63, 3.8) is 0 Å². The molecule has 1 saturated carbocycles. The van der Waals surface area contributed by atoms with Gasteiger partial charge in [-0.15, -0.1) is 0 Å². The molecule has 6 nitrogen and oxygen atoms in total. The summed E-state index contributed by atoms with van der Waals surface area (Å²) in [6.07, 6.45) is 0.600. The number of halogens is 1. The standard InChI is InChI=1S/C18H18FN3O3/c1-20-18(25)15-9-11(17(24)21-13-5-6-13)8-14(22-15)16(23)10-3-2-4-12(19)7-10/h2-4,7-9,13,16,23H,5-6H2,1H3,(H,20,25)(H,21,24). The predicted molar refractivity (Wildman–Crippen MR) is 88.6 cm³/mol. The second kappa shape index (κ2) is 6.98. The van der Waals surface area contributed by atoms with E-state index in [2.05, 4.69) is 15.6 Å². The van der Waals surface area contributed by atoms with Crippen LogP contribution >= 0.6 is 0 Å². The summed E-state index contributed by atoms with van der Waals surface area (Å²) in [6, 6.07) is 8.41. The molecule has 25 heavy (non-hydrogen) atoms. The highest BCUT2D eigenvalue weighted by Crippen LogP contribution is 2.24. The van der Waals surface area contributed by atoms with Gasteiger partial charge in [0.15, 0.2) is 0 Å². The van der Waals surface area contributed by atoms with Crippen LogP contribution < -0.4 is 10.6 Å². The maximum atomic E-state index is 13.4. The highest BCUT2D eigenvalue weighted by atomic mass is 19.1. The Morgan fingerprint density at radius 2 is 2.00 bits per heavy atom. The van der Waals surface area contributed by atoms with Gasteiger partial charge in [0.2, 0.25) is 0 Å². The second-order valence-corrected chi connectivity index (χ2v) is 5.95. The van der Waals surface area contributed by atoms with E-state index >= 15 is 0 Å². The number of nitrogens with one attached hydrogen (secondary N) is 2. The van der Waals surface area contributed by atoms with Crippen LogP contribution in [0.3, 0.4) is 0 Å². The van der Waals surface area contributed by atoms with E-state index in [1.165, 1.54) is 37.4 Å². The van der Waals surface area contributed by atoms with E-state index in [4.69, 9.17) is 0 Å². The molecule has 1 atom stereocenters. The first-order valence-electron chi connectivity index (χ1n) is 7.96. The second-order valence-electron chi connectivity index (χ2n) is 5.95. The summed E-state index contributed by atoms with van der Waals surface area (Å²) in [5.41, 5.74) is 0.630. The van der Waals surface area contributed by atoms with Gasteiger partial charge in [0.25, 0.3) is 11.8 Å². The molecule has 0 radical (unpaired) electrons. The number of rotatable bonds is 5. The van der Waals surface area contributed by atoms with Crippen LogP contribution in [0.2, 0.25) is 0 Å². The molecular weight excluding hydrogens is 325 g/mol. The summed E-state index contributed by atoms with van der Waals surface area (Å²) in [6.45, 7) is 0. The fourth-order valence-electron chi connectivity index (χ4n) is 2.41. The average Bonchev–Trinajstić information content (AvgIpc) is 3.43. The number of benzene rings is 1. The minimum Gasteiger partial charge on any atom is -0.382 e. The van der Waals surface area contributed by atoms with Gasteiger partial charge in [-0.25, -0.2) is 9.37 Å². The van der Waals surface area contributed by atoms with Crippen LogP contribution in [-0.2, 0) is 0 Å². The molecule has 0 aliphatic heterocycles. The Bertz CT molecular complexity index is 821. The maximum Gasteiger partial charge on any atom is 0.269 e. The Kier molecular flexibility index (Phi) is 4.76. The molecule has 1 aromatic heterocycles. The van der Waals surface area contributed by atoms with Crippen molar-refractivity contribution in [1.82, 2.24) is 15.6 Å². The summed E-state index contributed by atoms with van der Waals surface area (Å²) in [4.78, 5) is 28.4. The molecular formula is C18H18FN3O3. The van der Waals surface area contributed by atoms with Gasteiger partial charge >= 0.3 is 0 Å². The number of hydrogen-bond donors (Lipinski definition) is 3. The first-order chi connectivity index (χ1) is 12.0. The average molecular weight is 343 g/mol. The third-order valence-electron chi connectivity index (χ3n) is 3.92. The molecule has 1 aliphatic rings. The zero-order valence-corrected chi connectivity index (χ0v) is 13.6. The molecule has 7 heteroatoms. The SMILES string of the molecule is CNC(=O)c1cc(C(=O)NC2CC2)cc(C(O)c2cccc(F)c2)n1.